The first-order chi connectivity index (χ1) is 18.7. The molecule has 1 N–H and O–H groups in total. The second-order valence-corrected chi connectivity index (χ2v) is 17.2. The molecule has 1 fully saturated rings. The third-order valence-electron chi connectivity index (χ3n) is 8.30. The Kier molecular flexibility index (Phi) is 10.1. The number of hydrogen-bond acceptors (Lipinski definition) is 6. The van der Waals surface area contributed by atoms with E-state index in [1.165, 1.54) is 4.90 Å². The SMILES string of the molecule is COc1ccc(OC)c(CC(=O)N2[C@H](C(C)C)[C@@H](CO[Si](C)(C)C(C)(C)C)N(Cc3ccccc3)C(=O)[C@@H]2O)c1. The van der Waals surface area contributed by atoms with Gasteiger partial charge in [0.05, 0.1) is 39.3 Å². The van der Waals surface area contributed by atoms with Crippen LogP contribution in [-0.4, -0.2) is 74.2 Å². The van der Waals surface area contributed by atoms with Crippen molar-refractivity contribution in [2.45, 2.75) is 84.0 Å². The van der Waals surface area contributed by atoms with Crippen LogP contribution in [0.25, 0.3) is 0 Å². The molecule has 40 heavy (non-hydrogen) atoms. The number of benzene rings is 2. The molecule has 0 radical (unpaired) electrons. The van der Waals surface area contributed by atoms with Crippen molar-refractivity contribution in [3.63, 3.8) is 0 Å². The topological polar surface area (TPSA) is 88.5 Å². The van der Waals surface area contributed by atoms with E-state index in [2.05, 4.69) is 33.9 Å². The first kappa shape index (κ1) is 31.6. The normalized spacial score (nSPS) is 20.2. The van der Waals surface area contributed by atoms with Crippen LogP contribution in [0.3, 0.4) is 0 Å². The number of piperazine rings is 1. The summed E-state index contributed by atoms with van der Waals surface area (Å²) in [4.78, 5) is 30.8. The Morgan fingerprint density at radius 1 is 1.05 bits per heavy atom. The van der Waals surface area contributed by atoms with E-state index < -0.39 is 32.5 Å². The molecule has 0 aliphatic carbocycles. The number of aliphatic hydroxyl groups excluding tert-OH is 1. The Balaban J connectivity index is 2.03. The molecule has 220 valence electrons. The summed E-state index contributed by atoms with van der Waals surface area (Å²) < 4.78 is 17.5. The van der Waals surface area contributed by atoms with Crippen LogP contribution in [0.5, 0.6) is 11.5 Å². The number of ether oxygens (including phenoxy) is 2. The number of carbonyl (C=O) groups excluding carboxylic acids is 2. The van der Waals surface area contributed by atoms with E-state index >= 15 is 0 Å². The maximum absolute atomic E-state index is 13.9. The fraction of sp³-hybridized carbons (Fsp3) is 0.548. The molecule has 0 unspecified atom stereocenters. The molecule has 2 amide bonds. The Hall–Kier alpha value is -2.88. The van der Waals surface area contributed by atoms with Gasteiger partial charge in [0.1, 0.15) is 11.5 Å². The summed E-state index contributed by atoms with van der Waals surface area (Å²) >= 11 is 0. The summed E-state index contributed by atoms with van der Waals surface area (Å²) in [5.74, 6) is 0.203. The first-order valence-electron chi connectivity index (χ1n) is 13.9. The van der Waals surface area contributed by atoms with Gasteiger partial charge < -0.3 is 28.8 Å². The maximum atomic E-state index is 13.9. The van der Waals surface area contributed by atoms with E-state index in [9.17, 15) is 14.7 Å². The number of amides is 2. The van der Waals surface area contributed by atoms with Gasteiger partial charge in [0.15, 0.2) is 8.32 Å². The van der Waals surface area contributed by atoms with Gasteiger partial charge in [-0.3, -0.25) is 9.59 Å². The summed E-state index contributed by atoms with van der Waals surface area (Å²) in [5, 5.41) is 11.4. The van der Waals surface area contributed by atoms with E-state index in [4.69, 9.17) is 13.9 Å². The highest BCUT2D eigenvalue weighted by atomic mass is 28.4. The van der Waals surface area contributed by atoms with Crippen molar-refractivity contribution in [1.29, 1.82) is 0 Å². The van der Waals surface area contributed by atoms with Crippen molar-refractivity contribution < 1.29 is 28.6 Å². The quantitative estimate of drug-likeness (QED) is 0.411. The van der Waals surface area contributed by atoms with Crippen LogP contribution in [0.1, 0.15) is 45.7 Å². The smallest absolute Gasteiger partial charge is 0.273 e. The lowest BCUT2D eigenvalue weighted by Crippen LogP contribution is -2.70. The lowest BCUT2D eigenvalue weighted by Gasteiger charge is -2.52. The fourth-order valence-electron chi connectivity index (χ4n) is 4.98. The van der Waals surface area contributed by atoms with Crippen molar-refractivity contribution >= 4 is 20.1 Å². The van der Waals surface area contributed by atoms with Gasteiger partial charge in [-0.2, -0.15) is 0 Å². The monoisotopic (exact) mass is 570 g/mol. The highest BCUT2D eigenvalue weighted by Crippen LogP contribution is 2.38. The van der Waals surface area contributed by atoms with Gasteiger partial charge in [-0.05, 0) is 47.8 Å². The van der Waals surface area contributed by atoms with Crippen LogP contribution in [0, 0.1) is 5.92 Å². The average molecular weight is 571 g/mol. The Labute approximate surface area is 240 Å². The lowest BCUT2D eigenvalue weighted by molar-refractivity contribution is -0.185. The molecule has 2 aromatic rings. The zero-order valence-corrected chi connectivity index (χ0v) is 26.4. The molecule has 1 heterocycles. The second-order valence-electron chi connectivity index (χ2n) is 12.4. The molecular formula is C31H46N2O6Si. The molecule has 3 rings (SSSR count). The van der Waals surface area contributed by atoms with E-state index in [0.29, 0.717) is 23.6 Å². The number of hydrogen-bond donors (Lipinski definition) is 1. The summed E-state index contributed by atoms with van der Waals surface area (Å²) in [6.45, 7) is 15.5. The summed E-state index contributed by atoms with van der Waals surface area (Å²) in [5.41, 5.74) is 1.57. The number of nitrogens with zero attached hydrogens (tertiary/aromatic N) is 2. The van der Waals surface area contributed by atoms with Gasteiger partial charge >= 0.3 is 0 Å². The van der Waals surface area contributed by atoms with Crippen LogP contribution >= 0.6 is 0 Å². The van der Waals surface area contributed by atoms with E-state index in [-0.39, 0.29) is 29.9 Å². The van der Waals surface area contributed by atoms with Crippen molar-refractivity contribution in [3.05, 3.63) is 59.7 Å². The maximum Gasteiger partial charge on any atom is 0.273 e. The van der Waals surface area contributed by atoms with Crippen molar-refractivity contribution in [2.75, 3.05) is 20.8 Å². The minimum absolute atomic E-state index is 0.0266. The highest BCUT2D eigenvalue weighted by molar-refractivity contribution is 6.74. The molecule has 8 nitrogen and oxygen atoms in total. The van der Waals surface area contributed by atoms with Crippen LogP contribution < -0.4 is 9.47 Å². The highest BCUT2D eigenvalue weighted by Gasteiger charge is 2.50. The van der Waals surface area contributed by atoms with Gasteiger partial charge in [-0.15, -0.1) is 0 Å². The van der Waals surface area contributed by atoms with E-state index in [1.54, 1.807) is 37.3 Å². The van der Waals surface area contributed by atoms with Crippen molar-refractivity contribution in [1.82, 2.24) is 9.80 Å². The number of methoxy groups -OCH3 is 2. The predicted octanol–water partition coefficient (Wildman–Crippen LogP) is 4.85. The van der Waals surface area contributed by atoms with E-state index in [1.807, 2.05) is 44.2 Å². The summed E-state index contributed by atoms with van der Waals surface area (Å²) in [6, 6.07) is 14.1. The molecule has 0 saturated carbocycles. The Morgan fingerprint density at radius 2 is 1.70 bits per heavy atom. The fourth-order valence-corrected chi connectivity index (χ4v) is 6.00. The van der Waals surface area contributed by atoms with Crippen LogP contribution in [0.2, 0.25) is 18.1 Å². The van der Waals surface area contributed by atoms with Gasteiger partial charge in [-0.1, -0.05) is 65.0 Å². The van der Waals surface area contributed by atoms with Crippen molar-refractivity contribution in [3.8, 4) is 11.5 Å². The third-order valence-corrected chi connectivity index (χ3v) is 12.8. The van der Waals surface area contributed by atoms with Gasteiger partial charge in [0.2, 0.25) is 12.1 Å². The lowest BCUT2D eigenvalue weighted by atomic mass is 9.89. The molecule has 0 spiro atoms. The molecule has 1 aliphatic heterocycles. The molecule has 1 saturated heterocycles. The van der Waals surface area contributed by atoms with Crippen LogP contribution in [-0.2, 0) is 27.0 Å². The average Bonchev–Trinajstić information content (AvgIpc) is 2.90. The van der Waals surface area contributed by atoms with Crippen LogP contribution in [0.4, 0.5) is 0 Å². The number of carbonyl (C=O) groups is 2. The zero-order valence-electron chi connectivity index (χ0n) is 25.4. The molecule has 1 aliphatic rings. The zero-order chi connectivity index (χ0) is 29.8. The molecular weight excluding hydrogens is 524 g/mol. The molecule has 9 heteroatoms. The number of aliphatic hydroxyl groups is 1. The molecule has 0 aromatic heterocycles. The van der Waals surface area contributed by atoms with Gasteiger partial charge in [0.25, 0.3) is 5.91 Å². The van der Waals surface area contributed by atoms with E-state index in [0.717, 1.165) is 5.56 Å². The largest absolute Gasteiger partial charge is 0.497 e. The summed E-state index contributed by atoms with van der Waals surface area (Å²) in [6.07, 6.45) is -1.66. The van der Waals surface area contributed by atoms with Gasteiger partial charge in [-0.25, -0.2) is 0 Å². The first-order valence-corrected chi connectivity index (χ1v) is 16.8. The predicted molar refractivity (Wildman–Crippen MR) is 159 cm³/mol. The van der Waals surface area contributed by atoms with Crippen LogP contribution in [0.15, 0.2) is 48.5 Å². The Morgan fingerprint density at radius 3 is 2.25 bits per heavy atom. The van der Waals surface area contributed by atoms with Gasteiger partial charge in [0, 0.05) is 12.1 Å². The molecule has 2 aromatic carbocycles. The molecule has 0 bridgehead atoms. The second kappa shape index (κ2) is 12.7. The Bertz CT molecular complexity index is 1160. The summed E-state index contributed by atoms with van der Waals surface area (Å²) in [7, 11) is 0.921. The number of rotatable bonds is 10. The minimum Gasteiger partial charge on any atom is -0.497 e. The minimum atomic E-state index is -2.18. The third kappa shape index (κ3) is 6.87. The van der Waals surface area contributed by atoms with Crippen molar-refractivity contribution in [2.24, 2.45) is 5.92 Å². The standard InChI is InChI=1S/C31H46N2O6Si/c1-21(2)28-25(20-39-40(8,9)31(3,4)5)32(19-22-13-11-10-12-14-22)29(35)30(36)33(28)27(34)18-23-17-24(37-6)15-16-26(23)38-7/h10-17,21,25,28,30,36H,18-20H2,1-9H3/t25-,28-,30+/m1/s1. The molecule has 3 atom stereocenters.